The van der Waals surface area contributed by atoms with Gasteiger partial charge in [-0.25, -0.2) is 0 Å². The van der Waals surface area contributed by atoms with E-state index < -0.39 is 0 Å². The molecule has 0 unspecified atom stereocenters. The van der Waals surface area contributed by atoms with Crippen LogP contribution in [0.15, 0.2) is 30.6 Å². The molecule has 96 valence electrons. The maximum absolute atomic E-state index is 5.61. The standard InChI is InChI=1S/C13H17N3OS/c1-2-3-8-17-12-6-4-11(5-7-12)9-16-10-14-15-13(16)18/h4-7,10H,2-3,8-9H2,1H3,(H,15,18). The van der Waals surface area contributed by atoms with Crippen LogP contribution in [0.5, 0.6) is 5.75 Å². The summed E-state index contributed by atoms with van der Waals surface area (Å²) in [5.41, 5.74) is 1.18. The van der Waals surface area contributed by atoms with Crippen molar-refractivity contribution in [3.05, 3.63) is 40.9 Å². The molecule has 0 saturated heterocycles. The van der Waals surface area contributed by atoms with Crippen LogP contribution < -0.4 is 4.74 Å². The van der Waals surface area contributed by atoms with Crippen LogP contribution in [0.1, 0.15) is 25.3 Å². The third-order valence-electron chi connectivity index (χ3n) is 2.66. The molecule has 0 bridgehead atoms. The second-order valence-corrected chi connectivity index (χ2v) is 4.52. The predicted molar refractivity (Wildman–Crippen MR) is 73.4 cm³/mol. The Morgan fingerprint density at radius 3 is 2.72 bits per heavy atom. The Kier molecular flexibility index (Phi) is 4.52. The van der Waals surface area contributed by atoms with Crippen molar-refractivity contribution in [2.24, 2.45) is 0 Å². The molecular weight excluding hydrogens is 246 g/mol. The van der Waals surface area contributed by atoms with Gasteiger partial charge >= 0.3 is 0 Å². The normalized spacial score (nSPS) is 10.5. The number of rotatable bonds is 6. The lowest BCUT2D eigenvalue weighted by atomic mass is 10.2. The fourth-order valence-electron chi connectivity index (χ4n) is 1.61. The third kappa shape index (κ3) is 3.43. The van der Waals surface area contributed by atoms with Crippen molar-refractivity contribution in [2.75, 3.05) is 6.61 Å². The van der Waals surface area contributed by atoms with Crippen molar-refractivity contribution < 1.29 is 4.74 Å². The summed E-state index contributed by atoms with van der Waals surface area (Å²) in [5, 5.41) is 6.63. The summed E-state index contributed by atoms with van der Waals surface area (Å²) in [6, 6.07) is 8.09. The monoisotopic (exact) mass is 263 g/mol. The average molecular weight is 263 g/mol. The maximum Gasteiger partial charge on any atom is 0.195 e. The van der Waals surface area contributed by atoms with Gasteiger partial charge in [-0.3, -0.25) is 5.10 Å². The van der Waals surface area contributed by atoms with Gasteiger partial charge in [-0.1, -0.05) is 25.5 Å². The van der Waals surface area contributed by atoms with E-state index in [1.54, 1.807) is 6.33 Å². The molecule has 18 heavy (non-hydrogen) atoms. The van der Waals surface area contributed by atoms with Crippen molar-refractivity contribution in [2.45, 2.75) is 26.3 Å². The zero-order chi connectivity index (χ0) is 12.8. The first-order valence-corrected chi connectivity index (χ1v) is 6.52. The van der Waals surface area contributed by atoms with Crippen LogP contribution in [0.4, 0.5) is 0 Å². The Labute approximate surface area is 112 Å². The molecule has 0 amide bonds. The topological polar surface area (TPSA) is 42.8 Å². The molecule has 0 aliphatic heterocycles. The van der Waals surface area contributed by atoms with E-state index in [0.29, 0.717) is 4.77 Å². The molecule has 1 N–H and O–H groups in total. The number of unbranched alkanes of at least 4 members (excludes halogenated alkanes) is 1. The molecule has 0 radical (unpaired) electrons. The lowest BCUT2D eigenvalue weighted by Crippen LogP contribution is -1.99. The minimum Gasteiger partial charge on any atom is -0.494 e. The minimum absolute atomic E-state index is 0.637. The quantitative estimate of drug-likeness (QED) is 0.643. The number of H-pyrrole nitrogens is 1. The smallest absolute Gasteiger partial charge is 0.195 e. The van der Waals surface area contributed by atoms with Gasteiger partial charge in [0.05, 0.1) is 13.2 Å². The SMILES string of the molecule is CCCCOc1ccc(Cn2cn[nH]c2=S)cc1. The van der Waals surface area contributed by atoms with Gasteiger partial charge in [-0.05, 0) is 36.3 Å². The molecule has 0 aliphatic rings. The zero-order valence-corrected chi connectivity index (χ0v) is 11.2. The average Bonchev–Trinajstić information content (AvgIpc) is 2.78. The summed E-state index contributed by atoms with van der Waals surface area (Å²) in [7, 11) is 0. The lowest BCUT2D eigenvalue weighted by molar-refractivity contribution is 0.309. The van der Waals surface area contributed by atoms with Gasteiger partial charge in [-0.15, -0.1) is 0 Å². The summed E-state index contributed by atoms with van der Waals surface area (Å²) in [6.07, 6.45) is 3.94. The molecular formula is C13H17N3OS. The molecule has 2 aromatic rings. The van der Waals surface area contributed by atoms with Crippen molar-refractivity contribution in [3.8, 4) is 5.75 Å². The van der Waals surface area contributed by atoms with Gasteiger partial charge in [0.25, 0.3) is 0 Å². The fourth-order valence-corrected chi connectivity index (χ4v) is 1.77. The largest absolute Gasteiger partial charge is 0.494 e. The highest BCUT2D eigenvalue weighted by molar-refractivity contribution is 7.71. The number of ether oxygens (including phenoxy) is 1. The summed E-state index contributed by atoms with van der Waals surface area (Å²) < 4.78 is 8.14. The van der Waals surface area contributed by atoms with E-state index >= 15 is 0 Å². The fraction of sp³-hybridized carbons (Fsp3) is 0.385. The van der Waals surface area contributed by atoms with Gasteiger partial charge < -0.3 is 9.30 Å². The molecule has 0 aliphatic carbocycles. The van der Waals surface area contributed by atoms with Crippen molar-refractivity contribution >= 4 is 12.2 Å². The van der Waals surface area contributed by atoms with Gasteiger partial charge in [-0.2, -0.15) is 5.10 Å². The summed E-state index contributed by atoms with van der Waals surface area (Å²) in [5.74, 6) is 0.919. The zero-order valence-electron chi connectivity index (χ0n) is 10.4. The molecule has 0 spiro atoms. The highest BCUT2D eigenvalue weighted by Crippen LogP contribution is 2.13. The second kappa shape index (κ2) is 6.35. The number of hydrogen-bond donors (Lipinski definition) is 1. The van der Waals surface area contributed by atoms with Crippen LogP contribution in [0.3, 0.4) is 0 Å². The molecule has 5 heteroatoms. The summed E-state index contributed by atoms with van der Waals surface area (Å²) in [6.45, 7) is 3.66. The summed E-state index contributed by atoms with van der Waals surface area (Å²) in [4.78, 5) is 0. The summed E-state index contributed by atoms with van der Waals surface area (Å²) >= 11 is 5.10. The first-order valence-electron chi connectivity index (χ1n) is 6.11. The number of nitrogens with zero attached hydrogens (tertiary/aromatic N) is 2. The van der Waals surface area contributed by atoms with E-state index in [1.807, 2.05) is 16.7 Å². The van der Waals surface area contributed by atoms with E-state index in [2.05, 4.69) is 29.3 Å². The van der Waals surface area contributed by atoms with Gasteiger partial charge in [0.15, 0.2) is 4.77 Å². The number of nitrogens with one attached hydrogen (secondary N) is 1. The van der Waals surface area contributed by atoms with E-state index in [1.165, 1.54) is 5.56 Å². The van der Waals surface area contributed by atoms with Crippen LogP contribution in [0.25, 0.3) is 0 Å². The molecule has 1 heterocycles. The van der Waals surface area contributed by atoms with Crippen LogP contribution in [-0.4, -0.2) is 21.4 Å². The van der Waals surface area contributed by atoms with Gasteiger partial charge in [0.1, 0.15) is 12.1 Å². The Hall–Kier alpha value is -1.62. The van der Waals surface area contributed by atoms with Gasteiger partial charge in [0, 0.05) is 0 Å². The van der Waals surface area contributed by atoms with E-state index in [9.17, 15) is 0 Å². The highest BCUT2D eigenvalue weighted by atomic mass is 32.1. The molecule has 2 rings (SSSR count). The van der Waals surface area contributed by atoms with Crippen molar-refractivity contribution in [1.82, 2.24) is 14.8 Å². The number of aromatic nitrogens is 3. The Morgan fingerprint density at radius 2 is 2.11 bits per heavy atom. The second-order valence-electron chi connectivity index (χ2n) is 4.14. The number of benzene rings is 1. The molecule has 0 fully saturated rings. The van der Waals surface area contributed by atoms with Crippen LogP contribution in [-0.2, 0) is 6.54 Å². The number of aromatic amines is 1. The molecule has 1 aromatic heterocycles. The van der Waals surface area contributed by atoms with Crippen LogP contribution in [0.2, 0.25) is 0 Å². The minimum atomic E-state index is 0.637. The first-order chi connectivity index (χ1) is 8.79. The van der Waals surface area contributed by atoms with Crippen molar-refractivity contribution in [1.29, 1.82) is 0 Å². The molecule has 1 aromatic carbocycles. The lowest BCUT2D eigenvalue weighted by Gasteiger charge is -2.06. The van der Waals surface area contributed by atoms with E-state index in [4.69, 9.17) is 17.0 Å². The van der Waals surface area contributed by atoms with Crippen LogP contribution in [0, 0.1) is 4.77 Å². The van der Waals surface area contributed by atoms with Crippen LogP contribution >= 0.6 is 12.2 Å². The predicted octanol–water partition coefficient (Wildman–Crippen LogP) is 3.17. The molecule has 0 atom stereocenters. The highest BCUT2D eigenvalue weighted by Gasteiger charge is 1.98. The third-order valence-corrected chi connectivity index (χ3v) is 2.99. The van der Waals surface area contributed by atoms with E-state index in [0.717, 1.165) is 31.7 Å². The van der Waals surface area contributed by atoms with E-state index in [-0.39, 0.29) is 0 Å². The molecule has 4 nitrogen and oxygen atoms in total. The Morgan fingerprint density at radius 1 is 1.33 bits per heavy atom. The van der Waals surface area contributed by atoms with Crippen molar-refractivity contribution in [3.63, 3.8) is 0 Å². The Bertz CT molecular complexity index is 530. The van der Waals surface area contributed by atoms with Gasteiger partial charge in [0.2, 0.25) is 0 Å². The molecule has 0 saturated carbocycles. The Balaban J connectivity index is 1.95. The number of hydrogen-bond acceptors (Lipinski definition) is 3. The first kappa shape index (κ1) is 12.8. The maximum atomic E-state index is 5.61.